The molecule has 3 aromatic rings. The topological polar surface area (TPSA) is 116 Å². The average Bonchev–Trinajstić information content (AvgIpc) is 2.74. The highest BCUT2D eigenvalue weighted by Crippen LogP contribution is 2.26. The predicted molar refractivity (Wildman–Crippen MR) is 123 cm³/mol. The van der Waals surface area contributed by atoms with Gasteiger partial charge >= 0.3 is 0 Å². The number of benzene rings is 2. The summed E-state index contributed by atoms with van der Waals surface area (Å²) in [4.78, 5) is 16.7. The molecule has 30 heavy (non-hydrogen) atoms. The van der Waals surface area contributed by atoms with Crippen molar-refractivity contribution in [2.24, 2.45) is 0 Å². The second kappa shape index (κ2) is 8.86. The van der Waals surface area contributed by atoms with Gasteiger partial charge in [-0.2, -0.15) is 5.26 Å². The van der Waals surface area contributed by atoms with Crippen molar-refractivity contribution in [3.05, 3.63) is 82.7 Å². The Labute approximate surface area is 177 Å². The molecule has 0 aliphatic heterocycles. The predicted octanol–water partition coefficient (Wildman–Crippen LogP) is 3.88. The molecule has 0 saturated heterocycles. The molecular formula is C23H22N5OP. The fourth-order valence-electron chi connectivity index (χ4n) is 3.01. The Morgan fingerprint density at radius 3 is 2.63 bits per heavy atom. The van der Waals surface area contributed by atoms with E-state index in [1.165, 1.54) is 11.5 Å². The molecule has 3 rings (SSSR count). The molecule has 0 saturated carbocycles. The Morgan fingerprint density at radius 2 is 1.97 bits per heavy atom. The molecule has 0 unspecified atom stereocenters. The number of anilines is 2. The number of hydrogen-bond acceptors (Lipinski definition) is 5. The van der Waals surface area contributed by atoms with E-state index in [-0.39, 0.29) is 19.5 Å². The van der Waals surface area contributed by atoms with Crippen molar-refractivity contribution >= 4 is 36.2 Å². The van der Waals surface area contributed by atoms with Crippen LogP contribution in [0.15, 0.2) is 54.7 Å². The fraction of sp³-hybridized carbons (Fsp3) is 0.130. The number of carbonyl (C=O) groups is 1. The zero-order chi connectivity index (χ0) is 21.8. The summed E-state index contributed by atoms with van der Waals surface area (Å²) in [5.74, 6) is -0.385. The van der Waals surface area contributed by atoms with Gasteiger partial charge in [-0.15, -0.1) is 0 Å². The average molecular weight is 415 g/mol. The van der Waals surface area contributed by atoms with Gasteiger partial charge in [0.25, 0.3) is 5.91 Å². The lowest BCUT2D eigenvalue weighted by atomic mass is 10.0. The molecule has 0 aliphatic carbocycles. The number of aromatic nitrogens is 1. The quantitative estimate of drug-likeness (QED) is 0.333. The van der Waals surface area contributed by atoms with Crippen LogP contribution in [0.4, 0.5) is 11.4 Å². The van der Waals surface area contributed by atoms with E-state index < -0.39 is 0 Å². The lowest BCUT2D eigenvalue weighted by Gasteiger charge is -2.13. The van der Waals surface area contributed by atoms with Crippen molar-refractivity contribution in [2.75, 3.05) is 24.4 Å². The van der Waals surface area contributed by atoms with E-state index >= 15 is 0 Å². The minimum atomic E-state index is -0.385. The van der Waals surface area contributed by atoms with Crippen molar-refractivity contribution < 1.29 is 4.79 Å². The molecule has 0 radical (unpaired) electrons. The number of nitriles is 1. The first-order valence-corrected chi connectivity index (χ1v) is 11.5. The second-order valence-electron chi connectivity index (χ2n) is 7.08. The number of nitrogen functional groups attached to an aromatic ring is 1. The number of nitrogens with two attached hydrogens (primary N) is 1. The SMILES string of the molecule is Cc1cc(C#N)cnc1C(=O)Nc1ccc(N)c(C(=N)c2cccc(P(C)C)c2)c1. The van der Waals surface area contributed by atoms with Crippen LogP contribution in [-0.2, 0) is 0 Å². The Bertz CT molecular complexity index is 1180. The minimum absolute atomic E-state index is 0.245. The number of rotatable bonds is 5. The molecule has 0 aliphatic rings. The van der Waals surface area contributed by atoms with E-state index in [2.05, 4.69) is 29.7 Å². The Kier molecular flexibility index (Phi) is 6.25. The van der Waals surface area contributed by atoms with Gasteiger partial charge in [-0.25, -0.2) is 4.98 Å². The summed E-state index contributed by atoms with van der Waals surface area (Å²) in [6, 6.07) is 16.6. The summed E-state index contributed by atoms with van der Waals surface area (Å²) in [7, 11) is -0.276. The number of hydrogen-bond donors (Lipinski definition) is 3. The van der Waals surface area contributed by atoms with Crippen LogP contribution in [0, 0.1) is 23.7 Å². The molecule has 0 bridgehead atoms. The van der Waals surface area contributed by atoms with E-state index in [9.17, 15) is 4.79 Å². The van der Waals surface area contributed by atoms with Gasteiger partial charge in [-0.05, 0) is 61.5 Å². The van der Waals surface area contributed by atoms with Crippen molar-refractivity contribution in [1.82, 2.24) is 4.98 Å². The Balaban J connectivity index is 1.88. The first-order chi connectivity index (χ1) is 14.3. The lowest BCUT2D eigenvalue weighted by molar-refractivity contribution is 0.102. The number of nitrogens with one attached hydrogen (secondary N) is 2. The second-order valence-corrected chi connectivity index (χ2v) is 9.38. The maximum absolute atomic E-state index is 12.7. The van der Waals surface area contributed by atoms with Gasteiger partial charge in [-0.3, -0.25) is 10.2 Å². The highest BCUT2D eigenvalue weighted by Gasteiger charge is 2.15. The summed E-state index contributed by atoms with van der Waals surface area (Å²) >= 11 is 0. The number of carbonyl (C=O) groups excluding carboxylic acids is 1. The molecule has 0 atom stereocenters. The molecular weight excluding hydrogens is 393 g/mol. The smallest absolute Gasteiger partial charge is 0.274 e. The monoisotopic (exact) mass is 415 g/mol. The van der Waals surface area contributed by atoms with E-state index in [0.29, 0.717) is 33.8 Å². The van der Waals surface area contributed by atoms with Crippen molar-refractivity contribution in [1.29, 1.82) is 10.7 Å². The van der Waals surface area contributed by atoms with Crippen LogP contribution >= 0.6 is 7.92 Å². The highest BCUT2D eigenvalue weighted by molar-refractivity contribution is 7.64. The van der Waals surface area contributed by atoms with Crippen LogP contribution in [-0.4, -0.2) is 29.9 Å². The fourth-order valence-corrected chi connectivity index (χ4v) is 3.79. The van der Waals surface area contributed by atoms with Gasteiger partial charge < -0.3 is 11.1 Å². The summed E-state index contributed by atoms with van der Waals surface area (Å²) in [6.07, 6.45) is 1.37. The third-order valence-corrected chi connectivity index (χ3v) is 5.97. The number of amides is 1. The van der Waals surface area contributed by atoms with Crippen molar-refractivity contribution in [3.63, 3.8) is 0 Å². The molecule has 150 valence electrons. The van der Waals surface area contributed by atoms with E-state index in [1.807, 2.05) is 24.3 Å². The number of aryl methyl sites for hydroxylation is 1. The van der Waals surface area contributed by atoms with E-state index in [1.54, 1.807) is 31.2 Å². The van der Waals surface area contributed by atoms with Gasteiger partial charge in [0, 0.05) is 28.7 Å². The third kappa shape index (κ3) is 4.53. The third-order valence-electron chi connectivity index (χ3n) is 4.65. The Hall–Kier alpha value is -3.55. The largest absolute Gasteiger partial charge is 0.398 e. The summed E-state index contributed by atoms with van der Waals surface area (Å²) < 4.78 is 0. The number of nitrogens with zero attached hydrogens (tertiary/aromatic N) is 2. The standard InChI is InChI=1S/C23H22N5OP/c1-14-9-15(12-24)13-27-22(14)23(29)28-17-7-8-20(25)19(11-17)21(26)16-5-4-6-18(10-16)30(2)3/h4-11,13,26H,25H2,1-3H3,(H,28,29). The number of pyridine rings is 1. The summed E-state index contributed by atoms with van der Waals surface area (Å²) in [5.41, 5.74) is 10.0. The summed E-state index contributed by atoms with van der Waals surface area (Å²) in [6.45, 7) is 6.07. The van der Waals surface area contributed by atoms with E-state index in [0.717, 1.165) is 5.56 Å². The van der Waals surface area contributed by atoms with Gasteiger partial charge in [0.2, 0.25) is 0 Å². The molecule has 0 spiro atoms. The molecule has 4 N–H and O–H groups in total. The van der Waals surface area contributed by atoms with Crippen molar-refractivity contribution in [2.45, 2.75) is 6.92 Å². The molecule has 0 fully saturated rings. The van der Waals surface area contributed by atoms with Crippen LogP contribution in [0.25, 0.3) is 0 Å². The lowest BCUT2D eigenvalue weighted by Crippen LogP contribution is -2.16. The van der Waals surface area contributed by atoms with Crippen LogP contribution in [0.5, 0.6) is 0 Å². The molecule has 7 heteroatoms. The van der Waals surface area contributed by atoms with Gasteiger partial charge in [0.1, 0.15) is 11.8 Å². The van der Waals surface area contributed by atoms with Crippen LogP contribution in [0.3, 0.4) is 0 Å². The maximum atomic E-state index is 12.7. The zero-order valence-corrected chi connectivity index (χ0v) is 17.9. The first kappa shape index (κ1) is 21.2. The Morgan fingerprint density at radius 1 is 1.20 bits per heavy atom. The van der Waals surface area contributed by atoms with Crippen molar-refractivity contribution in [3.8, 4) is 6.07 Å². The first-order valence-electron chi connectivity index (χ1n) is 9.24. The summed E-state index contributed by atoms with van der Waals surface area (Å²) in [5, 5.41) is 21.6. The maximum Gasteiger partial charge on any atom is 0.274 e. The molecule has 6 nitrogen and oxygen atoms in total. The molecule has 1 aromatic heterocycles. The molecule has 1 heterocycles. The van der Waals surface area contributed by atoms with Gasteiger partial charge in [0.05, 0.1) is 11.3 Å². The van der Waals surface area contributed by atoms with Crippen LogP contribution in [0.1, 0.15) is 32.7 Å². The molecule has 2 aromatic carbocycles. The molecule has 1 amide bonds. The highest BCUT2D eigenvalue weighted by atomic mass is 31.1. The van der Waals surface area contributed by atoms with Gasteiger partial charge in [0.15, 0.2) is 0 Å². The van der Waals surface area contributed by atoms with Crippen LogP contribution < -0.4 is 16.4 Å². The van der Waals surface area contributed by atoms with Gasteiger partial charge in [-0.1, -0.05) is 26.1 Å². The minimum Gasteiger partial charge on any atom is -0.398 e. The zero-order valence-electron chi connectivity index (χ0n) is 17.0. The van der Waals surface area contributed by atoms with Crippen LogP contribution in [0.2, 0.25) is 0 Å². The normalized spacial score (nSPS) is 10.5. The van der Waals surface area contributed by atoms with E-state index in [4.69, 9.17) is 16.4 Å².